The number of likely N-dealkylation sites (tertiary alicyclic amines) is 1. The smallest absolute Gasteiger partial charge is 0.272 e. The fraction of sp³-hybridized carbons (Fsp3) is 0.500. The van der Waals surface area contributed by atoms with Gasteiger partial charge in [-0.15, -0.1) is 0 Å². The van der Waals surface area contributed by atoms with Gasteiger partial charge in [0, 0.05) is 43.5 Å². The van der Waals surface area contributed by atoms with Crippen molar-refractivity contribution in [1.29, 1.82) is 0 Å². The van der Waals surface area contributed by atoms with E-state index in [4.69, 9.17) is 0 Å². The van der Waals surface area contributed by atoms with Gasteiger partial charge >= 0.3 is 0 Å². The first kappa shape index (κ1) is 14.7. The number of imidazole rings is 1. The van der Waals surface area contributed by atoms with Crippen LogP contribution in [-0.2, 0) is 0 Å². The molecule has 2 aromatic heterocycles. The van der Waals surface area contributed by atoms with Crippen LogP contribution in [-0.4, -0.2) is 43.8 Å². The molecule has 6 nitrogen and oxygen atoms in total. The van der Waals surface area contributed by atoms with Crippen molar-refractivity contribution in [2.45, 2.75) is 38.5 Å². The fourth-order valence-corrected chi connectivity index (χ4v) is 2.82. The number of H-pyrrole nitrogens is 1. The number of carbonyl (C=O) groups excluding carboxylic acids is 1. The molecule has 0 saturated carbocycles. The highest BCUT2D eigenvalue weighted by molar-refractivity contribution is 5.92. The maximum Gasteiger partial charge on any atom is 0.272 e. The third kappa shape index (κ3) is 3.00. The van der Waals surface area contributed by atoms with Gasteiger partial charge in [0.05, 0.1) is 0 Å². The molecule has 0 unspecified atom stereocenters. The Labute approximate surface area is 130 Å². The zero-order valence-electron chi connectivity index (χ0n) is 13.0. The van der Waals surface area contributed by atoms with Gasteiger partial charge < -0.3 is 9.88 Å². The number of rotatable bonds is 3. The number of aromatic amines is 1. The molecule has 0 radical (unpaired) electrons. The molecule has 1 saturated heterocycles. The summed E-state index contributed by atoms with van der Waals surface area (Å²) in [6, 6.07) is 1.70. The zero-order valence-corrected chi connectivity index (χ0v) is 13.0. The molecule has 3 rings (SSSR count). The molecule has 0 aromatic carbocycles. The Hall–Kier alpha value is -2.24. The van der Waals surface area contributed by atoms with Gasteiger partial charge in [0.25, 0.3) is 5.91 Å². The van der Waals surface area contributed by atoms with Crippen molar-refractivity contribution < 1.29 is 4.79 Å². The van der Waals surface area contributed by atoms with E-state index in [0.29, 0.717) is 18.1 Å². The van der Waals surface area contributed by atoms with Crippen molar-refractivity contribution in [3.63, 3.8) is 0 Å². The monoisotopic (exact) mass is 299 g/mol. The van der Waals surface area contributed by atoms with Crippen molar-refractivity contribution in [3.8, 4) is 0 Å². The van der Waals surface area contributed by atoms with E-state index in [2.05, 4.69) is 19.9 Å². The second-order valence-electron chi connectivity index (χ2n) is 6.02. The normalized spacial score (nSPS) is 18.7. The highest BCUT2D eigenvalue weighted by atomic mass is 16.2. The first-order valence-electron chi connectivity index (χ1n) is 7.76. The molecular formula is C16H21N5O. The van der Waals surface area contributed by atoms with E-state index in [1.807, 2.05) is 24.9 Å². The van der Waals surface area contributed by atoms with Crippen LogP contribution in [0.2, 0.25) is 0 Å². The minimum Gasteiger partial charge on any atom is -0.348 e. The summed E-state index contributed by atoms with van der Waals surface area (Å²) >= 11 is 0. The second-order valence-corrected chi connectivity index (χ2v) is 6.02. The van der Waals surface area contributed by atoms with Crippen LogP contribution in [0, 0.1) is 0 Å². The first-order chi connectivity index (χ1) is 10.6. The van der Waals surface area contributed by atoms with E-state index in [1.165, 1.54) is 0 Å². The van der Waals surface area contributed by atoms with Gasteiger partial charge in [-0.2, -0.15) is 0 Å². The molecule has 1 fully saturated rings. The number of hydrogen-bond acceptors (Lipinski definition) is 4. The minimum atomic E-state index is -0.0134. The van der Waals surface area contributed by atoms with Crippen LogP contribution in [0.4, 0.5) is 0 Å². The largest absolute Gasteiger partial charge is 0.348 e. The summed E-state index contributed by atoms with van der Waals surface area (Å²) < 4.78 is 0. The lowest BCUT2D eigenvalue weighted by atomic mass is 9.97. The molecule has 1 amide bonds. The Morgan fingerprint density at radius 1 is 1.36 bits per heavy atom. The molecule has 2 aromatic rings. The van der Waals surface area contributed by atoms with E-state index in [-0.39, 0.29) is 17.7 Å². The first-order valence-corrected chi connectivity index (χ1v) is 7.76. The molecule has 1 aliphatic rings. The maximum absolute atomic E-state index is 12.7. The number of nitrogens with zero attached hydrogens (tertiary/aromatic N) is 4. The molecule has 1 aliphatic heterocycles. The van der Waals surface area contributed by atoms with Crippen LogP contribution in [0.3, 0.4) is 0 Å². The molecule has 1 atom stereocenters. The Bertz CT molecular complexity index is 638. The fourth-order valence-electron chi connectivity index (χ4n) is 2.82. The standard InChI is InChI=1S/C16H21N5O/c1-11(2)14-17-6-5-13(20-14)16(22)21-9-3-4-12(10-21)15-18-7-8-19-15/h5-8,11-12H,3-4,9-10H2,1-2H3,(H,18,19)/t12-/m1/s1. The molecule has 116 valence electrons. The highest BCUT2D eigenvalue weighted by Gasteiger charge is 2.27. The van der Waals surface area contributed by atoms with E-state index < -0.39 is 0 Å². The summed E-state index contributed by atoms with van der Waals surface area (Å²) in [6.45, 7) is 5.51. The lowest BCUT2D eigenvalue weighted by Gasteiger charge is -2.31. The van der Waals surface area contributed by atoms with Gasteiger partial charge in [-0.25, -0.2) is 15.0 Å². The predicted octanol–water partition coefficient (Wildman–Crippen LogP) is 2.34. The van der Waals surface area contributed by atoms with Gasteiger partial charge in [-0.05, 0) is 18.9 Å². The van der Waals surface area contributed by atoms with Crippen molar-refractivity contribution in [2.75, 3.05) is 13.1 Å². The average Bonchev–Trinajstić information content (AvgIpc) is 3.09. The zero-order chi connectivity index (χ0) is 15.5. The number of aromatic nitrogens is 4. The lowest BCUT2D eigenvalue weighted by molar-refractivity contribution is 0.0698. The van der Waals surface area contributed by atoms with Crippen molar-refractivity contribution in [2.24, 2.45) is 0 Å². The average molecular weight is 299 g/mol. The van der Waals surface area contributed by atoms with Crippen LogP contribution in [0.15, 0.2) is 24.7 Å². The Morgan fingerprint density at radius 2 is 2.23 bits per heavy atom. The Morgan fingerprint density at radius 3 is 2.95 bits per heavy atom. The number of hydrogen-bond donors (Lipinski definition) is 1. The van der Waals surface area contributed by atoms with Crippen molar-refractivity contribution in [1.82, 2.24) is 24.8 Å². The molecule has 6 heteroatoms. The molecule has 1 N–H and O–H groups in total. The summed E-state index contributed by atoms with van der Waals surface area (Å²) in [7, 11) is 0. The molecule has 0 bridgehead atoms. The van der Waals surface area contributed by atoms with Gasteiger partial charge in [0.1, 0.15) is 17.3 Å². The predicted molar refractivity (Wildman–Crippen MR) is 82.6 cm³/mol. The molecule has 22 heavy (non-hydrogen) atoms. The summed E-state index contributed by atoms with van der Waals surface area (Å²) in [6.07, 6.45) is 7.30. The van der Waals surface area contributed by atoms with E-state index in [0.717, 1.165) is 25.2 Å². The third-order valence-electron chi connectivity index (χ3n) is 4.02. The SMILES string of the molecule is CC(C)c1nccc(C(=O)N2CCC[C@@H](c3ncc[nH]3)C2)n1. The van der Waals surface area contributed by atoms with Gasteiger partial charge in [-0.3, -0.25) is 4.79 Å². The molecular weight excluding hydrogens is 278 g/mol. The van der Waals surface area contributed by atoms with Crippen molar-refractivity contribution in [3.05, 3.63) is 42.0 Å². The van der Waals surface area contributed by atoms with Crippen LogP contribution in [0.5, 0.6) is 0 Å². The second kappa shape index (κ2) is 6.25. The quantitative estimate of drug-likeness (QED) is 0.944. The Kier molecular flexibility index (Phi) is 4.18. The number of piperidine rings is 1. The lowest BCUT2D eigenvalue weighted by Crippen LogP contribution is -2.39. The molecule has 0 aliphatic carbocycles. The van der Waals surface area contributed by atoms with Crippen LogP contribution in [0.25, 0.3) is 0 Å². The van der Waals surface area contributed by atoms with Gasteiger partial charge in [0.2, 0.25) is 0 Å². The molecule has 3 heterocycles. The number of carbonyl (C=O) groups is 1. The summed E-state index contributed by atoms with van der Waals surface area (Å²) in [5.41, 5.74) is 0.485. The highest BCUT2D eigenvalue weighted by Crippen LogP contribution is 2.25. The number of amides is 1. The van der Waals surface area contributed by atoms with Crippen molar-refractivity contribution >= 4 is 5.91 Å². The third-order valence-corrected chi connectivity index (χ3v) is 4.02. The van der Waals surface area contributed by atoms with Crippen LogP contribution < -0.4 is 0 Å². The van der Waals surface area contributed by atoms with Gasteiger partial charge in [0.15, 0.2) is 0 Å². The summed E-state index contributed by atoms with van der Waals surface area (Å²) in [5, 5.41) is 0. The summed E-state index contributed by atoms with van der Waals surface area (Å²) in [5.74, 6) is 2.15. The van der Waals surface area contributed by atoms with E-state index in [9.17, 15) is 4.79 Å². The summed E-state index contributed by atoms with van der Waals surface area (Å²) in [4.78, 5) is 30.7. The number of nitrogens with one attached hydrogen (secondary N) is 1. The van der Waals surface area contributed by atoms with Crippen LogP contribution in [0.1, 0.15) is 60.7 Å². The minimum absolute atomic E-state index is 0.0134. The van der Waals surface area contributed by atoms with Gasteiger partial charge in [-0.1, -0.05) is 13.8 Å². The topological polar surface area (TPSA) is 74.8 Å². The van der Waals surface area contributed by atoms with E-state index >= 15 is 0 Å². The van der Waals surface area contributed by atoms with E-state index in [1.54, 1.807) is 18.5 Å². The maximum atomic E-state index is 12.7. The Balaban J connectivity index is 1.75. The molecule has 0 spiro atoms. The van der Waals surface area contributed by atoms with Crippen LogP contribution >= 0.6 is 0 Å².